The maximum Gasteiger partial charge on any atom is 0.329 e. The number of carbonyl (C=O) groups excluding carboxylic acids is 12. The Balaban J connectivity index is 1.91. The highest BCUT2D eigenvalue weighted by molar-refractivity contribution is 6.01. The van der Waals surface area contributed by atoms with E-state index in [1.165, 1.54) is 20.8 Å². The van der Waals surface area contributed by atoms with Crippen LogP contribution in [-0.4, -0.2) is 148 Å². The number of amides is 7. The lowest BCUT2D eigenvalue weighted by atomic mass is 9.84. The monoisotopic (exact) mass is 1300 g/mol. The van der Waals surface area contributed by atoms with Crippen molar-refractivity contribution < 1.29 is 85.7 Å². The largest absolute Gasteiger partial charge is 0.458 e. The molecule has 1 unspecified atom stereocenters. The number of nitrogens with one attached hydrogen (secondary N) is 6. The fourth-order valence-electron chi connectivity index (χ4n) is 11.6. The van der Waals surface area contributed by atoms with Gasteiger partial charge in [0.05, 0.1) is 49.3 Å². The van der Waals surface area contributed by atoms with E-state index in [1.54, 1.807) is 34.6 Å². The molecule has 22 nitrogen and oxygen atoms in total. The highest BCUT2D eigenvalue weighted by atomic mass is 19.3. The summed E-state index contributed by atoms with van der Waals surface area (Å²) in [5, 5.41) is 37.3. The standard InChI is InChI=1S/C67H104F3N7O15/c1-11-37(5)48(33-52(81)50(26-27-56(71)84)72-62(87)46(36-79)32-54(83)57(38(6)12-2)74-61(86)44(14-4)30-43-22-18-17-19-23-43)64(89)73-49(24-20-15-16-21-25-55(69)70)51(80)31-45(35-78)63(88)75-59-42(10)92-65(90)58(39(7)13-3)76-66(91)67(34-47(67)29-41(9)68)77-60(85)40(8)28-53(59)82/h17-19,22-23,37-42,44-50,55,57-59,78-79H,11-16,20-21,24-36H2,1-10H3,(H2,71,84)(H,72,87)(H,73,89)(H,74,86)(H,75,88)(H,76,91)(H,77,85)/t37-,38-,39-,40+,41?,42-,44+,45-,46-,47+,48+,49-,50+,57-,58-,59+,67+/m0/s1. The Labute approximate surface area is 539 Å². The summed E-state index contributed by atoms with van der Waals surface area (Å²) < 4.78 is 46.1. The number of rotatable bonds is 40. The number of hydrogen-bond donors (Lipinski definition) is 9. The van der Waals surface area contributed by atoms with Crippen LogP contribution in [0.4, 0.5) is 13.2 Å². The molecular formula is C67H104F3N7O15. The van der Waals surface area contributed by atoms with Gasteiger partial charge in [0.1, 0.15) is 23.7 Å². The number of esters is 1. The van der Waals surface area contributed by atoms with Crippen LogP contribution in [0.2, 0.25) is 0 Å². The van der Waals surface area contributed by atoms with Gasteiger partial charge >= 0.3 is 5.97 Å². The van der Waals surface area contributed by atoms with Gasteiger partial charge in [-0.05, 0) is 88.0 Å². The number of hydrogen-bond acceptors (Lipinski definition) is 15. The lowest BCUT2D eigenvalue weighted by molar-refractivity contribution is -0.157. The van der Waals surface area contributed by atoms with Gasteiger partial charge in [-0.3, -0.25) is 52.7 Å². The molecule has 1 saturated heterocycles. The Hall–Kier alpha value is -6.63. The molecule has 1 spiro atoms. The molecule has 2 aliphatic rings. The van der Waals surface area contributed by atoms with Crippen LogP contribution in [0.5, 0.6) is 0 Å². The number of benzene rings is 1. The zero-order chi connectivity index (χ0) is 69.2. The average molecular weight is 1300 g/mol. The molecule has 1 heterocycles. The summed E-state index contributed by atoms with van der Waals surface area (Å²) in [4.78, 5) is 168. The number of halogens is 3. The van der Waals surface area contributed by atoms with E-state index in [0.29, 0.717) is 44.9 Å². The second kappa shape index (κ2) is 39.2. The second-order valence-corrected chi connectivity index (χ2v) is 25.9. The lowest BCUT2D eigenvalue weighted by Gasteiger charge is -2.30. The van der Waals surface area contributed by atoms with E-state index < -0.39 is 212 Å². The van der Waals surface area contributed by atoms with Gasteiger partial charge in [0.15, 0.2) is 23.1 Å². The molecule has 7 amide bonds. The van der Waals surface area contributed by atoms with Crippen molar-refractivity contribution in [3.8, 4) is 0 Å². The minimum Gasteiger partial charge on any atom is -0.458 e. The summed E-state index contributed by atoms with van der Waals surface area (Å²) in [6, 6.07) is 2.46. The number of unbranched alkanes of at least 4 members (excludes halogenated alkanes) is 3. The molecule has 1 aromatic rings. The van der Waals surface area contributed by atoms with Crippen molar-refractivity contribution >= 4 is 70.5 Å². The number of primary amides is 1. The summed E-state index contributed by atoms with van der Waals surface area (Å²) in [7, 11) is 0. The smallest absolute Gasteiger partial charge is 0.329 e. The number of aliphatic hydroxyl groups excluding tert-OH is 2. The number of cyclic esters (lactones) is 1. The first-order valence-electron chi connectivity index (χ1n) is 33.0. The van der Waals surface area contributed by atoms with E-state index in [0.717, 1.165) is 5.56 Å². The molecule has 1 saturated carbocycles. The molecule has 0 aromatic heterocycles. The Morgan fingerprint density at radius 1 is 0.685 bits per heavy atom. The number of nitrogens with two attached hydrogens (primary N) is 1. The molecule has 0 radical (unpaired) electrons. The van der Waals surface area contributed by atoms with Crippen molar-refractivity contribution in [2.24, 2.45) is 59.0 Å². The van der Waals surface area contributed by atoms with Gasteiger partial charge in [-0.15, -0.1) is 0 Å². The fourth-order valence-corrected chi connectivity index (χ4v) is 11.6. The van der Waals surface area contributed by atoms with E-state index in [4.69, 9.17) is 10.5 Å². The van der Waals surface area contributed by atoms with Gasteiger partial charge in [-0.25, -0.2) is 18.0 Å². The van der Waals surface area contributed by atoms with E-state index in [2.05, 4.69) is 31.9 Å². The van der Waals surface area contributed by atoms with Crippen LogP contribution in [0.15, 0.2) is 30.3 Å². The predicted molar refractivity (Wildman–Crippen MR) is 336 cm³/mol. The number of ketones is 4. The first-order chi connectivity index (χ1) is 43.4. The van der Waals surface area contributed by atoms with Crippen LogP contribution in [0.3, 0.4) is 0 Å². The Bertz CT molecular complexity index is 2650. The van der Waals surface area contributed by atoms with Gasteiger partial charge in [0.25, 0.3) is 0 Å². The van der Waals surface area contributed by atoms with Crippen molar-refractivity contribution in [3.05, 3.63) is 35.9 Å². The Kier molecular flexibility index (Phi) is 33.9. The van der Waals surface area contributed by atoms with Gasteiger partial charge < -0.3 is 52.6 Å². The van der Waals surface area contributed by atoms with E-state index >= 15 is 0 Å². The van der Waals surface area contributed by atoms with Crippen LogP contribution in [-0.2, 0) is 68.7 Å². The molecule has 1 aliphatic carbocycles. The lowest BCUT2D eigenvalue weighted by Crippen LogP contribution is -2.57. The van der Waals surface area contributed by atoms with Gasteiger partial charge in [-0.1, -0.05) is 124 Å². The summed E-state index contributed by atoms with van der Waals surface area (Å²) >= 11 is 0. The Morgan fingerprint density at radius 2 is 1.25 bits per heavy atom. The van der Waals surface area contributed by atoms with Crippen molar-refractivity contribution in [1.82, 2.24) is 31.9 Å². The van der Waals surface area contributed by atoms with Crippen LogP contribution in [0.1, 0.15) is 190 Å². The maximum atomic E-state index is 14.6. The quantitative estimate of drug-likeness (QED) is 0.0287. The Morgan fingerprint density at radius 3 is 1.82 bits per heavy atom. The molecule has 0 bridgehead atoms. The van der Waals surface area contributed by atoms with Gasteiger partial charge in [0, 0.05) is 56.3 Å². The molecular weight excluding hydrogens is 1200 g/mol. The third-order valence-electron chi connectivity index (χ3n) is 18.6. The second-order valence-electron chi connectivity index (χ2n) is 25.9. The number of ether oxygens (including phenoxy) is 1. The van der Waals surface area contributed by atoms with Crippen LogP contribution < -0.4 is 37.6 Å². The zero-order valence-electron chi connectivity index (χ0n) is 55.5. The summed E-state index contributed by atoms with van der Waals surface area (Å²) in [6.45, 7) is 14.5. The average Bonchev–Trinajstić information content (AvgIpc) is 1.62. The normalized spacial score (nSPS) is 23.1. The minimum atomic E-state index is -2.54. The summed E-state index contributed by atoms with van der Waals surface area (Å²) in [5.74, 6) is -17.3. The van der Waals surface area contributed by atoms with E-state index in [-0.39, 0.29) is 56.8 Å². The number of aliphatic hydroxyl groups is 2. The molecule has 10 N–H and O–H groups in total. The highest BCUT2D eigenvalue weighted by Crippen LogP contribution is 2.48. The molecule has 1 aliphatic heterocycles. The molecule has 518 valence electrons. The van der Waals surface area contributed by atoms with Crippen molar-refractivity contribution in [2.75, 3.05) is 13.2 Å². The molecule has 92 heavy (non-hydrogen) atoms. The number of carbonyl (C=O) groups is 12. The third kappa shape index (κ3) is 24.7. The van der Waals surface area contributed by atoms with E-state index in [9.17, 15) is 80.9 Å². The molecule has 1 aromatic carbocycles. The fraction of sp³-hybridized carbons (Fsp3) is 0.731. The van der Waals surface area contributed by atoms with Gasteiger partial charge in [0.2, 0.25) is 47.8 Å². The van der Waals surface area contributed by atoms with Crippen molar-refractivity contribution in [3.63, 3.8) is 0 Å². The van der Waals surface area contributed by atoms with E-state index in [1.807, 2.05) is 44.2 Å². The SMILES string of the molecule is CC[C@H](Cc1ccccc1)C(=O)N[C@H](C(=O)C[C@@H](CO)C(=O)N[C@H](CCC(N)=O)C(=O)C[C@@H](C(=O)N[C@@H](CCCCCCC(F)F)C(=O)C[C@@H](CO)C(=O)N[C@H]1C(=O)C[C@@H](C)C(=O)N[C@@]2(C[C@H]2CC(C)F)C(=O)N[C@@H]([C@@H](C)CC)C(=O)O[C@H]1C)[C@@H](C)CC)[C@@H](C)CC. The summed E-state index contributed by atoms with van der Waals surface area (Å²) in [5.41, 5.74) is 4.86. The van der Waals surface area contributed by atoms with Crippen LogP contribution >= 0.6 is 0 Å². The van der Waals surface area contributed by atoms with Crippen molar-refractivity contribution in [2.45, 2.75) is 246 Å². The molecule has 2 fully saturated rings. The van der Waals surface area contributed by atoms with Crippen LogP contribution in [0.25, 0.3) is 0 Å². The highest BCUT2D eigenvalue weighted by Gasteiger charge is 2.62. The van der Waals surface area contributed by atoms with Gasteiger partial charge in [-0.2, -0.15) is 0 Å². The zero-order valence-corrected chi connectivity index (χ0v) is 55.5. The topological polar surface area (TPSA) is 353 Å². The molecule has 17 atom stereocenters. The molecule has 3 rings (SSSR count). The molecule has 25 heteroatoms. The summed E-state index contributed by atoms with van der Waals surface area (Å²) in [6.07, 6.45) is -5.89. The first-order valence-corrected chi connectivity index (χ1v) is 33.0. The number of Topliss-reactive ketones (excluding diaryl/α,β-unsaturated/α-hetero) is 4. The van der Waals surface area contributed by atoms with Crippen molar-refractivity contribution in [1.29, 1.82) is 0 Å². The number of alkyl halides is 3. The maximum absolute atomic E-state index is 14.6. The first kappa shape index (κ1) is 79.6. The third-order valence-corrected chi connectivity index (χ3v) is 18.6. The minimum absolute atomic E-state index is 0.0682. The predicted octanol–water partition coefficient (Wildman–Crippen LogP) is 5.56. The van der Waals surface area contributed by atoms with Crippen LogP contribution in [0, 0.1) is 53.3 Å².